The Balaban J connectivity index is 2.21. The second-order valence-corrected chi connectivity index (χ2v) is 4.24. The van der Waals surface area contributed by atoms with Crippen LogP contribution in [0.2, 0.25) is 0 Å². The summed E-state index contributed by atoms with van der Waals surface area (Å²) in [6.07, 6.45) is 3.36. The van der Waals surface area contributed by atoms with Crippen molar-refractivity contribution in [3.8, 4) is 0 Å². The average Bonchev–Trinajstić information content (AvgIpc) is 2.39. The van der Waals surface area contributed by atoms with Gasteiger partial charge < -0.3 is 11.1 Å². The number of nitrogen functional groups attached to an aromatic ring is 1. The van der Waals surface area contributed by atoms with Crippen LogP contribution in [0.15, 0.2) is 23.2 Å². The van der Waals surface area contributed by atoms with Gasteiger partial charge in [-0.25, -0.2) is 0 Å². The van der Waals surface area contributed by atoms with Gasteiger partial charge in [-0.3, -0.25) is 19.9 Å². The summed E-state index contributed by atoms with van der Waals surface area (Å²) in [5, 5.41) is 9.55. The van der Waals surface area contributed by atoms with Crippen LogP contribution in [0.1, 0.15) is 24.0 Å². The van der Waals surface area contributed by atoms with Gasteiger partial charge in [-0.2, -0.15) is 0 Å². The summed E-state index contributed by atoms with van der Waals surface area (Å²) in [6.45, 7) is 0. The van der Waals surface area contributed by atoms with E-state index in [0.717, 1.165) is 0 Å². The van der Waals surface area contributed by atoms with Crippen molar-refractivity contribution < 1.29 is 9.59 Å². The fourth-order valence-corrected chi connectivity index (χ4v) is 1.87. The summed E-state index contributed by atoms with van der Waals surface area (Å²) >= 11 is 0. The first-order valence-corrected chi connectivity index (χ1v) is 5.87. The number of carbonyl (C=O) groups excluding carboxylic acids is 2. The van der Waals surface area contributed by atoms with Crippen LogP contribution >= 0.6 is 0 Å². The van der Waals surface area contributed by atoms with E-state index >= 15 is 0 Å². The SMILES string of the molecule is N=Cc1cccc(N)c1C=NC1CCC(=O)NC1=O. The molecule has 6 heteroatoms. The van der Waals surface area contributed by atoms with Gasteiger partial charge in [0.1, 0.15) is 6.04 Å². The molecule has 2 rings (SSSR count). The Hall–Kier alpha value is -2.50. The van der Waals surface area contributed by atoms with E-state index in [1.807, 2.05) is 0 Å². The molecule has 0 radical (unpaired) electrons. The van der Waals surface area contributed by atoms with Gasteiger partial charge in [0.25, 0.3) is 5.91 Å². The predicted octanol–water partition coefficient (Wildman–Crippen LogP) is 0.491. The monoisotopic (exact) mass is 258 g/mol. The van der Waals surface area contributed by atoms with E-state index in [1.54, 1.807) is 18.2 Å². The van der Waals surface area contributed by atoms with E-state index in [4.69, 9.17) is 11.1 Å². The molecule has 1 saturated heterocycles. The lowest BCUT2D eigenvalue weighted by Gasteiger charge is -2.17. The molecule has 1 unspecified atom stereocenters. The van der Waals surface area contributed by atoms with Gasteiger partial charge in [-0.15, -0.1) is 0 Å². The zero-order chi connectivity index (χ0) is 13.8. The molecule has 1 aliphatic heterocycles. The number of hydrogen-bond donors (Lipinski definition) is 3. The minimum atomic E-state index is -0.573. The van der Waals surface area contributed by atoms with Gasteiger partial charge in [0.15, 0.2) is 0 Å². The summed E-state index contributed by atoms with van der Waals surface area (Å²) in [5.74, 6) is -0.658. The second kappa shape index (κ2) is 5.43. The molecular formula is C13H14N4O2. The molecule has 0 saturated carbocycles. The average molecular weight is 258 g/mol. The highest BCUT2D eigenvalue weighted by molar-refractivity contribution is 6.02. The van der Waals surface area contributed by atoms with Crippen molar-refractivity contribution in [2.75, 3.05) is 5.73 Å². The van der Waals surface area contributed by atoms with Gasteiger partial charge in [-0.05, 0) is 12.5 Å². The molecule has 4 N–H and O–H groups in total. The maximum absolute atomic E-state index is 11.5. The number of benzene rings is 1. The third-order valence-electron chi connectivity index (χ3n) is 2.92. The number of nitrogens with zero attached hydrogens (tertiary/aromatic N) is 1. The van der Waals surface area contributed by atoms with Crippen molar-refractivity contribution in [3.63, 3.8) is 0 Å². The molecule has 98 valence electrons. The molecule has 1 fully saturated rings. The Bertz CT molecular complexity index is 566. The summed E-state index contributed by atoms with van der Waals surface area (Å²) in [4.78, 5) is 26.7. The molecule has 2 amide bonds. The number of anilines is 1. The molecule has 1 atom stereocenters. The van der Waals surface area contributed by atoms with Crippen molar-refractivity contribution in [2.24, 2.45) is 4.99 Å². The van der Waals surface area contributed by atoms with Crippen LogP contribution in [-0.4, -0.2) is 30.3 Å². The first kappa shape index (κ1) is 12.9. The Morgan fingerprint density at radius 1 is 1.42 bits per heavy atom. The van der Waals surface area contributed by atoms with Crippen molar-refractivity contribution in [1.82, 2.24) is 5.32 Å². The first-order valence-electron chi connectivity index (χ1n) is 5.87. The molecular weight excluding hydrogens is 244 g/mol. The number of piperidine rings is 1. The highest BCUT2D eigenvalue weighted by Crippen LogP contribution is 2.15. The fourth-order valence-electron chi connectivity index (χ4n) is 1.87. The molecule has 0 aromatic heterocycles. The Morgan fingerprint density at radius 2 is 2.21 bits per heavy atom. The number of amides is 2. The normalized spacial score (nSPS) is 19.5. The van der Waals surface area contributed by atoms with Gasteiger partial charge in [0.05, 0.1) is 0 Å². The summed E-state index contributed by atoms with van der Waals surface area (Å²) in [5.41, 5.74) is 7.57. The van der Waals surface area contributed by atoms with E-state index in [9.17, 15) is 9.59 Å². The van der Waals surface area contributed by atoms with Crippen molar-refractivity contribution in [3.05, 3.63) is 29.3 Å². The van der Waals surface area contributed by atoms with Crippen molar-refractivity contribution in [1.29, 1.82) is 5.41 Å². The van der Waals surface area contributed by atoms with Gasteiger partial charge in [0.2, 0.25) is 5.91 Å². The summed E-state index contributed by atoms with van der Waals surface area (Å²) < 4.78 is 0. The lowest BCUT2D eigenvalue weighted by molar-refractivity contribution is -0.133. The maximum atomic E-state index is 11.5. The lowest BCUT2D eigenvalue weighted by atomic mass is 10.1. The minimum absolute atomic E-state index is 0.268. The number of carbonyl (C=O) groups is 2. The number of nitrogens with one attached hydrogen (secondary N) is 2. The van der Waals surface area contributed by atoms with E-state index in [0.29, 0.717) is 23.2 Å². The molecule has 0 aliphatic carbocycles. The molecule has 1 heterocycles. The number of hydrogen-bond acceptors (Lipinski definition) is 5. The maximum Gasteiger partial charge on any atom is 0.251 e. The quantitative estimate of drug-likeness (QED) is 0.417. The predicted molar refractivity (Wildman–Crippen MR) is 72.5 cm³/mol. The van der Waals surface area contributed by atoms with E-state index in [1.165, 1.54) is 12.4 Å². The van der Waals surface area contributed by atoms with Crippen molar-refractivity contribution >= 4 is 29.9 Å². The van der Waals surface area contributed by atoms with E-state index in [2.05, 4.69) is 10.3 Å². The molecule has 1 aromatic carbocycles. The second-order valence-electron chi connectivity index (χ2n) is 4.24. The van der Waals surface area contributed by atoms with Gasteiger partial charge in [-0.1, -0.05) is 12.1 Å². The Morgan fingerprint density at radius 3 is 2.89 bits per heavy atom. The Labute approximate surface area is 110 Å². The fraction of sp³-hybridized carbons (Fsp3) is 0.231. The Kier molecular flexibility index (Phi) is 3.70. The lowest BCUT2D eigenvalue weighted by Crippen LogP contribution is -2.43. The standard InChI is InChI=1S/C13H14N4O2/c14-6-8-2-1-3-10(15)9(8)7-16-11-4-5-12(18)17-13(11)19/h1-3,6-7,11,14H,4-5,15H2,(H,17,18,19). The largest absolute Gasteiger partial charge is 0.398 e. The number of rotatable bonds is 3. The third kappa shape index (κ3) is 2.85. The van der Waals surface area contributed by atoms with Crippen LogP contribution in [0.25, 0.3) is 0 Å². The minimum Gasteiger partial charge on any atom is -0.398 e. The third-order valence-corrected chi connectivity index (χ3v) is 2.92. The van der Waals surface area contributed by atoms with E-state index < -0.39 is 11.9 Å². The van der Waals surface area contributed by atoms with Crippen molar-refractivity contribution in [2.45, 2.75) is 18.9 Å². The van der Waals surface area contributed by atoms with Crippen LogP contribution in [-0.2, 0) is 9.59 Å². The van der Waals surface area contributed by atoms with E-state index in [-0.39, 0.29) is 12.3 Å². The first-order chi connectivity index (χ1) is 9.11. The van der Waals surface area contributed by atoms with Crippen LogP contribution in [0.3, 0.4) is 0 Å². The molecule has 1 aliphatic rings. The van der Waals surface area contributed by atoms with Crippen LogP contribution in [0, 0.1) is 5.41 Å². The molecule has 0 bridgehead atoms. The molecule has 19 heavy (non-hydrogen) atoms. The number of nitrogens with two attached hydrogens (primary N) is 1. The number of imide groups is 1. The van der Waals surface area contributed by atoms with Gasteiger partial charge in [0, 0.05) is 35.7 Å². The number of aliphatic imine (C=N–C) groups is 1. The topological polar surface area (TPSA) is 108 Å². The zero-order valence-corrected chi connectivity index (χ0v) is 10.2. The molecule has 0 spiro atoms. The van der Waals surface area contributed by atoms with Crippen LogP contribution in [0.4, 0.5) is 5.69 Å². The smallest absolute Gasteiger partial charge is 0.251 e. The summed E-state index contributed by atoms with van der Waals surface area (Å²) in [6, 6.07) is 4.63. The zero-order valence-electron chi connectivity index (χ0n) is 10.2. The summed E-state index contributed by atoms with van der Waals surface area (Å²) in [7, 11) is 0. The van der Waals surface area contributed by atoms with Gasteiger partial charge >= 0.3 is 0 Å². The molecule has 6 nitrogen and oxygen atoms in total. The van der Waals surface area contributed by atoms with Crippen LogP contribution in [0.5, 0.6) is 0 Å². The van der Waals surface area contributed by atoms with Crippen LogP contribution < -0.4 is 11.1 Å². The molecule has 1 aromatic rings. The highest BCUT2D eigenvalue weighted by Gasteiger charge is 2.25. The highest BCUT2D eigenvalue weighted by atomic mass is 16.2.